The van der Waals surface area contributed by atoms with Gasteiger partial charge in [0.15, 0.2) is 0 Å². The lowest BCUT2D eigenvalue weighted by Gasteiger charge is -2.01. The van der Waals surface area contributed by atoms with Crippen molar-refractivity contribution >= 4 is 12.9 Å². The highest BCUT2D eigenvalue weighted by Crippen LogP contribution is 2.16. The molecular weight excluding hydrogens is 413 g/mol. The third-order valence-electron chi connectivity index (χ3n) is 4.54. The van der Waals surface area contributed by atoms with Crippen molar-refractivity contribution in [1.29, 1.82) is 0 Å². The third kappa shape index (κ3) is 4.96. The summed E-state index contributed by atoms with van der Waals surface area (Å²) in [6.45, 7) is 4.03. The summed E-state index contributed by atoms with van der Waals surface area (Å²) in [7, 11) is -4.37. The van der Waals surface area contributed by atoms with Crippen LogP contribution in [0, 0.1) is 13.8 Å². The summed E-state index contributed by atoms with van der Waals surface area (Å²) in [4.78, 5) is 13.4. The van der Waals surface area contributed by atoms with Gasteiger partial charge in [0, 0.05) is 13.0 Å². The zero-order valence-corrected chi connectivity index (χ0v) is 17.1. The fraction of sp³-hybridized carbons (Fsp3) is 0.143. The summed E-state index contributed by atoms with van der Waals surface area (Å²) < 4.78 is 49.6. The number of halogens is 4. The molecule has 4 aromatic rings. The molecule has 0 aliphatic rings. The summed E-state index contributed by atoms with van der Waals surface area (Å²) in [5.74, 6) is 0.757. The topological polar surface area (TPSA) is 40.3 Å². The lowest BCUT2D eigenvalue weighted by Crippen LogP contribution is -2.39. The first kappa shape index (κ1) is 22.1. The molecule has 2 aromatic heterocycles. The summed E-state index contributed by atoms with van der Waals surface area (Å²) in [6, 6.07) is 21.4. The zero-order chi connectivity index (χ0) is 22.8. The molecule has 0 amide bonds. The van der Waals surface area contributed by atoms with Crippen molar-refractivity contribution in [3.05, 3.63) is 88.5 Å². The summed E-state index contributed by atoms with van der Waals surface area (Å²) in [6.07, 6.45) is 0. The molecule has 0 atom stereocenters. The number of fused-ring (bicyclic) bond motifs is 1. The fourth-order valence-corrected chi connectivity index (χ4v) is 3.19. The lowest BCUT2D eigenvalue weighted by atomic mass is 10.2. The monoisotopic (exact) mass is 433 g/mol. The molecule has 10 heteroatoms. The van der Waals surface area contributed by atoms with Gasteiger partial charge in [-0.1, -0.05) is 23.8 Å². The second-order valence-electron chi connectivity index (χ2n) is 6.80. The highest BCUT2D eigenvalue weighted by molar-refractivity contribution is 6.50. The van der Waals surface area contributed by atoms with Crippen LogP contribution in [0.3, 0.4) is 0 Å². The normalized spacial score (nSPS) is 11.2. The highest BCUT2D eigenvalue weighted by Gasteiger charge is 2.25. The predicted octanol–water partition coefficient (Wildman–Crippen LogP) is 4.29. The molecule has 0 aliphatic carbocycles. The number of pyridine rings is 1. The number of nitrogens with zero attached hydrogens (tertiary/aromatic N) is 3. The van der Waals surface area contributed by atoms with Crippen molar-refractivity contribution in [2.75, 3.05) is 7.11 Å². The predicted molar refractivity (Wildman–Crippen MR) is 111 cm³/mol. The molecular formula is C21H20BF4N3O2. The van der Waals surface area contributed by atoms with Crippen LogP contribution in [0.4, 0.5) is 17.3 Å². The van der Waals surface area contributed by atoms with Crippen molar-refractivity contribution < 1.29 is 26.5 Å². The van der Waals surface area contributed by atoms with Crippen LogP contribution in [0.15, 0.2) is 71.5 Å². The number of hydrogen-bond acceptors (Lipinski definition) is 2. The SMILES string of the molecule is COc1ccc(-n2c(=O)n(-c3ccc(C)cc3)[n+]3c(C)cccc23)cc1.F[B-](F)(F)F. The third-order valence-corrected chi connectivity index (χ3v) is 4.54. The molecule has 0 radical (unpaired) electrons. The van der Waals surface area contributed by atoms with Crippen molar-refractivity contribution in [2.24, 2.45) is 0 Å². The van der Waals surface area contributed by atoms with E-state index in [0.29, 0.717) is 0 Å². The molecule has 0 spiro atoms. The Bertz CT molecular complexity index is 1240. The molecule has 162 valence electrons. The van der Waals surface area contributed by atoms with Crippen LogP contribution >= 0.6 is 0 Å². The largest absolute Gasteiger partial charge is 0.673 e. The molecule has 5 nitrogen and oxygen atoms in total. The van der Waals surface area contributed by atoms with Crippen LogP contribution in [-0.4, -0.2) is 23.6 Å². The maximum Gasteiger partial charge on any atom is 0.673 e. The molecule has 2 aromatic carbocycles. The second-order valence-corrected chi connectivity index (χ2v) is 6.80. The summed E-state index contributed by atoms with van der Waals surface area (Å²) in [5, 5.41) is 0. The average molecular weight is 433 g/mol. The molecule has 0 saturated heterocycles. The standard InChI is InChI=1S/C21H20N3O2.BF4/c1-15-7-9-18(10-8-15)24-21(25)22(17-11-13-19(26-3)14-12-17)20-6-4-5-16(2)23(20)24;2-1(3,4)5/h4-14H,1-3H3;/q+1;-1. The van der Waals surface area contributed by atoms with Crippen LogP contribution in [-0.2, 0) is 0 Å². The number of ether oxygens (including phenoxy) is 1. The summed E-state index contributed by atoms with van der Waals surface area (Å²) >= 11 is 0. The van der Waals surface area contributed by atoms with Crippen molar-refractivity contribution in [2.45, 2.75) is 13.8 Å². The Morgan fingerprint density at radius 2 is 1.39 bits per heavy atom. The average Bonchev–Trinajstić information content (AvgIpc) is 3.01. The van der Waals surface area contributed by atoms with E-state index in [2.05, 4.69) is 0 Å². The van der Waals surface area contributed by atoms with Crippen molar-refractivity contribution in [1.82, 2.24) is 9.25 Å². The zero-order valence-electron chi connectivity index (χ0n) is 17.1. The van der Waals surface area contributed by atoms with Gasteiger partial charge in [0.1, 0.15) is 17.1 Å². The van der Waals surface area contributed by atoms with E-state index in [1.165, 1.54) is 0 Å². The Hall–Kier alpha value is -3.56. The number of aromatic nitrogens is 3. The number of hydrogen-bond donors (Lipinski definition) is 0. The molecule has 31 heavy (non-hydrogen) atoms. The van der Waals surface area contributed by atoms with Gasteiger partial charge in [-0.3, -0.25) is 0 Å². The first-order chi connectivity index (χ1) is 14.6. The van der Waals surface area contributed by atoms with Crippen LogP contribution in [0.5, 0.6) is 5.75 Å². The smallest absolute Gasteiger partial charge is 0.497 e. The molecule has 0 N–H and O–H groups in total. The highest BCUT2D eigenvalue weighted by atomic mass is 19.5. The molecule has 0 aliphatic heterocycles. The molecule has 0 unspecified atom stereocenters. The van der Waals surface area contributed by atoms with Gasteiger partial charge in [0.05, 0.1) is 12.8 Å². The van der Waals surface area contributed by atoms with E-state index >= 15 is 0 Å². The maximum absolute atomic E-state index is 13.4. The molecule has 2 heterocycles. The van der Waals surface area contributed by atoms with E-state index in [1.807, 2.05) is 85.1 Å². The number of benzene rings is 2. The van der Waals surface area contributed by atoms with Gasteiger partial charge < -0.3 is 22.0 Å². The Labute approximate surface area is 175 Å². The number of aryl methyl sites for hydroxylation is 2. The van der Waals surface area contributed by atoms with Gasteiger partial charge >= 0.3 is 18.6 Å². The lowest BCUT2D eigenvalue weighted by molar-refractivity contribution is -0.606. The minimum atomic E-state index is -6.00. The van der Waals surface area contributed by atoms with Gasteiger partial charge in [-0.05, 0) is 49.4 Å². The van der Waals surface area contributed by atoms with E-state index in [0.717, 1.165) is 34.0 Å². The Morgan fingerprint density at radius 3 is 1.94 bits per heavy atom. The van der Waals surface area contributed by atoms with Crippen LogP contribution < -0.4 is 14.9 Å². The van der Waals surface area contributed by atoms with E-state index < -0.39 is 7.25 Å². The molecule has 0 bridgehead atoms. The van der Waals surface area contributed by atoms with E-state index in [-0.39, 0.29) is 5.69 Å². The number of rotatable bonds is 3. The van der Waals surface area contributed by atoms with Gasteiger partial charge in [0.2, 0.25) is 0 Å². The maximum atomic E-state index is 13.4. The van der Waals surface area contributed by atoms with Gasteiger partial charge in [-0.15, -0.1) is 13.8 Å². The first-order valence-electron chi connectivity index (χ1n) is 9.34. The van der Waals surface area contributed by atoms with Crippen LogP contribution in [0.1, 0.15) is 11.3 Å². The Balaban J connectivity index is 0.000000491. The minimum absolute atomic E-state index is 0.117. The van der Waals surface area contributed by atoms with Crippen molar-refractivity contribution in [3.63, 3.8) is 0 Å². The minimum Gasteiger partial charge on any atom is -0.497 e. The Morgan fingerprint density at radius 1 is 0.839 bits per heavy atom. The van der Waals surface area contributed by atoms with Crippen LogP contribution in [0.25, 0.3) is 17.0 Å². The molecule has 0 saturated carbocycles. The molecule has 4 rings (SSSR count). The Kier molecular flexibility index (Phi) is 6.19. The first-order valence-corrected chi connectivity index (χ1v) is 9.34. The fourth-order valence-electron chi connectivity index (χ4n) is 3.19. The van der Waals surface area contributed by atoms with Crippen LogP contribution in [0.2, 0.25) is 0 Å². The van der Waals surface area contributed by atoms with Gasteiger partial charge in [-0.2, -0.15) is 0 Å². The van der Waals surface area contributed by atoms with E-state index in [9.17, 15) is 22.1 Å². The molecule has 0 fully saturated rings. The van der Waals surface area contributed by atoms with Crippen molar-refractivity contribution in [3.8, 4) is 17.1 Å². The van der Waals surface area contributed by atoms with E-state index in [1.54, 1.807) is 16.4 Å². The second kappa shape index (κ2) is 8.67. The number of methoxy groups -OCH3 is 1. The van der Waals surface area contributed by atoms with Gasteiger partial charge in [-0.25, -0.2) is 4.79 Å². The van der Waals surface area contributed by atoms with E-state index in [4.69, 9.17) is 4.74 Å². The van der Waals surface area contributed by atoms with Gasteiger partial charge in [0.25, 0.3) is 0 Å². The quantitative estimate of drug-likeness (QED) is 0.275. The summed E-state index contributed by atoms with van der Waals surface area (Å²) in [5.41, 5.74) is 4.45.